The van der Waals surface area contributed by atoms with Crippen LogP contribution in [0.25, 0.3) is 11.6 Å². The second kappa shape index (κ2) is 5.73. The van der Waals surface area contributed by atoms with Gasteiger partial charge in [0.15, 0.2) is 0 Å². The van der Waals surface area contributed by atoms with Crippen LogP contribution in [-0.2, 0) is 13.5 Å². The highest BCUT2D eigenvalue weighted by atomic mass is 15.0. The molecule has 0 amide bonds. The first kappa shape index (κ1) is 14.8. The summed E-state index contributed by atoms with van der Waals surface area (Å²) < 4.78 is 1.98. The Morgan fingerprint density at radius 1 is 1.25 bits per heavy atom. The van der Waals surface area contributed by atoms with Crippen molar-refractivity contribution in [3.8, 4) is 0 Å². The maximum Gasteiger partial charge on any atom is 0.0946 e. The van der Waals surface area contributed by atoms with Gasteiger partial charge in [0.1, 0.15) is 0 Å². The highest BCUT2D eigenvalue weighted by Crippen LogP contribution is 2.36. The Hall–Kier alpha value is -2.72. The van der Waals surface area contributed by atoms with Gasteiger partial charge >= 0.3 is 0 Å². The molecule has 1 aromatic carbocycles. The summed E-state index contributed by atoms with van der Waals surface area (Å²) in [5.41, 5.74) is 14.7. The minimum absolute atomic E-state index is 0.232. The van der Waals surface area contributed by atoms with Crippen LogP contribution in [0.4, 0.5) is 0 Å². The Labute approximate surface area is 141 Å². The Balaban J connectivity index is 1.94. The molecule has 1 atom stereocenters. The second-order valence-electron chi connectivity index (χ2n) is 6.38. The lowest BCUT2D eigenvalue weighted by molar-refractivity contribution is 0.775. The van der Waals surface area contributed by atoms with Gasteiger partial charge < -0.3 is 10.3 Å². The number of nitrogens with zero attached hydrogens (tertiary/aromatic N) is 3. The fourth-order valence-corrected chi connectivity index (χ4v) is 3.35. The largest absolute Gasteiger partial charge is 0.336 e. The molecule has 2 N–H and O–H groups in total. The van der Waals surface area contributed by atoms with E-state index in [4.69, 9.17) is 5.73 Å². The van der Waals surface area contributed by atoms with Crippen molar-refractivity contribution in [3.63, 3.8) is 0 Å². The number of fused-ring (bicyclic) bond motifs is 2. The normalized spacial score (nSPS) is 14.4. The molecule has 1 aliphatic rings. The SMILES string of the molecule is Cc1ccc2c(c1)C(C(N)c1cncn1C)=Cc1cccnc1C2. The quantitative estimate of drug-likeness (QED) is 0.789. The zero-order valence-electron chi connectivity index (χ0n) is 13.9. The van der Waals surface area contributed by atoms with Crippen LogP contribution < -0.4 is 5.73 Å². The number of nitrogens with two attached hydrogens (primary N) is 1. The molecule has 0 saturated carbocycles. The van der Waals surface area contributed by atoms with Gasteiger partial charge in [-0.25, -0.2) is 4.98 Å². The number of benzene rings is 1. The molecule has 0 fully saturated rings. The van der Waals surface area contributed by atoms with Crippen LogP contribution in [-0.4, -0.2) is 14.5 Å². The zero-order valence-corrected chi connectivity index (χ0v) is 13.9. The van der Waals surface area contributed by atoms with E-state index in [9.17, 15) is 0 Å². The van der Waals surface area contributed by atoms with Crippen LogP contribution in [0.5, 0.6) is 0 Å². The molecule has 3 aromatic rings. The van der Waals surface area contributed by atoms with E-state index in [0.29, 0.717) is 0 Å². The average molecular weight is 316 g/mol. The Morgan fingerprint density at radius 3 is 2.92 bits per heavy atom. The summed E-state index contributed by atoms with van der Waals surface area (Å²) >= 11 is 0. The Morgan fingerprint density at radius 2 is 2.12 bits per heavy atom. The van der Waals surface area contributed by atoms with Gasteiger partial charge in [-0.05, 0) is 41.3 Å². The van der Waals surface area contributed by atoms with Crippen molar-refractivity contribution < 1.29 is 0 Å². The van der Waals surface area contributed by atoms with Crippen molar-refractivity contribution in [1.82, 2.24) is 14.5 Å². The molecule has 2 aromatic heterocycles. The smallest absolute Gasteiger partial charge is 0.0946 e. The molecule has 2 heterocycles. The van der Waals surface area contributed by atoms with E-state index in [-0.39, 0.29) is 6.04 Å². The number of pyridine rings is 1. The van der Waals surface area contributed by atoms with Crippen molar-refractivity contribution in [2.24, 2.45) is 12.8 Å². The molecule has 4 nitrogen and oxygen atoms in total. The van der Waals surface area contributed by atoms with Crippen molar-refractivity contribution in [3.05, 3.63) is 82.7 Å². The van der Waals surface area contributed by atoms with E-state index < -0.39 is 0 Å². The first-order valence-electron chi connectivity index (χ1n) is 8.10. The fraction of sp³-hybridized carbons (Fsp3) is 0.200. The monoisotopic (exact) mass is 316 g/mol. The predicted molar refractivity (Wildman–Crippen MR) is 96.2 cm³/mol. The van der Waals surface area contributed by atoms with E-state index in [1.165, 1.54) is 16.7 Å². The molecular weight excluding hydrogens is 296 g/mol. The summed E-state index contributed by atoms with van der Waals surface area (Å²) in [6, 6.07) is 10.4. The predicted octanol–water partition coefficient (Wildman–Crippen LogP) is 3.27. The van der Waals surface area contributed by atoms with Gasteiger partial charge in [0.2, 0.25) is 0 Å². The first-order chi connectivity index (χ1) is 11.6. The standard InChI is InChI=1S/C20H20N4/c1-13-5-6-14-10-18-15(4-3-7-23-18)9-17(16(14)8-13)20(21)19-11-22-12-24(19)2/h3-9,11-12,20H,10,21H2,1-2H3. The van der Waals surface area contributed by atoms with Gasteiger partial charge in [0, 0.05) is 19.7 Å². The average Bonchev–Trinajstić information content (AvgIpc) is 2.93. The molecule has 120 valence electrons. The van der Waals surface area contributed by atoms with Gasteiger partial charge in [-0.1, -0.05) is 29.8 Å². The Kier molecular flexibility index (Phi) is 3.54. The summed E-state index contributed by atoms with van der Waals surface area (Å²) in [5, 5.41) is 0. The Bertz CT molecular complexity index is 936. The number of aryl methyl sites for hydroxylation is 2. The summed E-state index contributed by atoms with van der Waals surface area (Å²) in [6.07, 6.45) is 8.50. The van der Waals surface area contributed by atoms with Gasteiger partial charge in [0.05, 0.1) is 30.0 Å². The molecular formula is C20H20N4. The maximum absolute atomic E-state index is 6.66. The number of rotatable bonds is 2. The summed E-state index contributed by atoms with van der Waals surface area (Å²) in [6.45, 7) is 2.11. The van der Waals surface area contributed by atoms with E-state index in [1.807, 2.05) is 30.1 Å². The van der Waals surface area contributed by atoms with Crippen LogP contribution in [0.3, 0.4) is 0 Å². The number of hydrogen-bond acceptors (Lipinski definition) is 3. The third kappa shape index (κ3) is 2.45. The molecule has 0 spiro atoms. The van der Waals surface area contributed by atoms with E-state index >= 15 is 0 Å². The van der Waals surface area contributed by atoms with Gasteiger partial charge in [-0.15, -0.1) is 0 Å². The number of imidazole rings is 1. The lowest BCUT2D eigenvalue weighted by atomic mass is 9.91. The molecule has 0 saturated heterocycles. The maximum atomic E-state index is 6.66. The zero-order chi connectivity index (χ0) is 16.7. The van der Waals surface area contributed by atoms with E-state index in [2.05, 4.69) is 47.2 Å². The van der Waals surface area contributed by atoms with Gasteiger partial charge in [-0.2, -0.15) is 0 Å². The van der Waals surface area contributed by atoms with Crippen molar-refractivity contribution in [2.75, 3.05) is 0 Å². The molecule has 1 unspecified atom stereocenters. The van der Waals surface area contributed by atoms with Crippen LogP contribution in [0.1, 0.15) is 39.7 Å². The van der Waals surface area contributed by atoms with Crippen molar-refractivity contribution in [2.45, 2.75) is 19.4 Å². The van der Waals surface area contributed by atoms with Crippen LogP contribution in [0.2, 0.25) is 0 Å². The molecule has 1 aliphatic carbocycles. The van der Waals surface area contributed by atoms with E-state index in [0.717, 1.165) is 28.9 Å². The van der Waals surface area contributed by atoms with Crippen LogP contribution in [0.15, 0.2) is 49.1 Å². The third-order valence-corrected chi connectivity index (χ3v) is 4.68. The minimum atomic E-state index is -0.232. The summed E-state index contributed by atoms with van der Waals surface area (Å²) in [4.78, 5) is 8.79. The molecule has 0 bridgehead atoms. The van der Waals surface area contributed by atoms with Crippen molar-refractivity contribution >= 4 is 11.6 Å². The lowest BCUT2D eigenvalue weighted by Crippen LogP contribution is -2.16. The highest BCUT2D eigenvalue weighted by Gasteiger charge is 2.23. The fourth-order valence-electron chi connectivity index (χ4n) is 3.35. The van der Waals surface area contributed by atoms with E-state index in [1.54, 1.807) is 6.33 Å². The second-order valence-corrected chi connectivity index (χ2v) is 6.38. The molecule has 4 rings (SSSR count). The van der Waals surface area contributed by atoms with Crippen LogP contribution >= 0.6 is 0 Å². The molecule has 0 radical (unpaired) electrons. The molecule has 4 heteroatoms. The lowest BCUT2D eigenvalue weighted by Gasteiger charge is -2.19. The topological polar surface area (TPSA) is 56.7 Å². The summed E-state index contributed by atoms with van der Waals surface area (Å²) in [7, 11) is 1.98. The molecule has 24 heavy (non-hydrogen) atoms. The van der Waals surface area contributed by atoms with Crippen molar-refractivity contribution in [1.29, 1.82) is 0 Å². The first-order valence-corrected chi connectivity index (χ1v) is 8.10. The molecule has 0 aliphatic heterocycles. The summed E-state index contributed by atoms with van der Waals surface area (Å²) in [5.74, 6) is 0. The minimum Gasteiger partial charge on any atom is -0.336 e. The number of aromatic nitrogens is 3. The van der Waals surface area contributed by atoms with Crippen LogP contribution in [0, 0.1) is 6.92 Å². The number of hydrogen-bond donors (Lipinski definition) is 1. The third-order valence-electron chi connectivity index (χ3n) is 4.68. The van der Waals surface area contributed by atoms with Gasteiger partial charge in [-0.3, -0.25) is 4.98 Å². The highest BCUT2D eigenvalue weighted by molar-refractivity contribution is 5.88. The van der Waals surface area contributed by atoms with Gasteiger partial charge in [0.25, 0.3) is 0 Å².